The van der Waals surface area contributed by atoms with Gasteiger partial charge in [-0.15, -0.1) is 0 Å². The van der Waals surface area contributed by atoms with Gasteiger partial charge in [0.15, 0.2) is 5.11 Å². The molecule has 2 atom stereocenters. The predicted molar refractivity (Wildman–Crippen MR) is 173 cm³/mol. The molecule has 2 aromatic carbocycles. The van der Waals surface area contributed by atoms with E-state index in [-0.39, 0.29) is 12.1 Å². The van der Waals surface area contributed by atoms with E-state index >= 15 is 0 Å². The lowest BCUT2D eigenvalue weighted by atomic mass is 9.96. The molecule has 0 saturated carbocycles. The fraction of sp³-hybridized carbons (Fsp3) is 0.312. The van der Waals surface area contributed by atoms with E-state index in [2.05, 4.69) is 105 Å². The SMILES string of the molecule is Cc1cc([C@H]2[C@H](c3ccccn3)NC(=S)N2c2ccc(N3CCC(C)CC3)c(Cl)c2)c(C)n1-c1ccccc1Br. The average molecular weight is 635 g/mol. The highest BCUT2D eigenvalue weighted by Crippen LogP contribution is 2.45. The fourth-order valence-corrected chi connectivity index (χ4v) is 7.29. The second kappa shape index (κ2) is 11.2. The van der Waals surface area contributed by atoms with Crippen LogP contribution in [-0.2, 0) is 0 Å². The normalized spacial score (nSPS) is 19.8. The Bertz CT molecular complexity index is 1550. The minimum Gasteiger partial charge on any atom is -0.370 e. The van der Waals surface area contributed by atoms with Crippen LogP contribution in [-0.4, -0.2) is 27.8 Å². The van der Waals surface area contributed by atoms with Gasteiger partial charge < -0.3 is 19.7 Å². The summed E-state index contributed by atoms with van der Waals surface area (Å²) in [4.78, 5) is 9.36. The number of aryl methyl sites for hydroxylation is 1. The van der Waals surface area contributed by atoms with E-state index in [0.717, 1.165) is 62.6 Å². The van der Waals surface area contributed by atoms with Gasteiger partial charge in [-0.3, -0.25) is 4.98 Å². The summed E-state index contributed by atoms with van der Waals surface area (Å²) in [6, 6.07) is 22.8. The highest BCUT2D eigenvalue weighted by molar-refractivity contribution is 9.10. The lowest BCUT2D eigenvalue weighted by molar-refractivity contribution is 0.438. The van der Waals surface area contributed by atoms with Crippen molar-refractivity contribution in [1.29, 1.82) is 0 Å². The molecule has 0 amide bonds. The van der Waals surface area contributed by atoms with Gasteiger partial charge in [-0.05, 0) is 115 Å². The number of anilines is 2. The van der Waals surface area contributed by atoms with Gasteiger partial charge in [0.1, 0.15) is 0 Å². The number of thiocarbonyl (C=S) groups is 1. The number of rotatable bonds is 5. The molecule has 5 nitrogen and oxygen atoms in total. The molecule has 6 rings (SSSR count). The van der Waals surface area contributed by atoms with E-state index < -0.39 is 0 Å². The highest BCUT2D eigenvalue weighted by Gasteiger charge is 2.42. The molecule has 40 heavy (non-hydrogen) atoms. The Kier molecular flexibility index (Phi) is 7.64. The molecule has 0 spiro atoms. The summed E-state index contributed by atoms with van der Waals surface area (Å²) in [5, 5.41) is 5.03. The number of pyridine rings is 1. The molecule has 206 valence electrons. The molecule has 8 heteroatoms. The Morgan fingerprint density at radius 2 is 1.73 bits per heavy atom. The Morgan fingerprint density at radius 1 is 0.975 bits per heavy atom. The molecule has 4 aromatic rings. The first-order chi connectivity index (χ1) is 19.3. The number of nitrogens with one attached hydrogen (secondary N) is 1. The lowest BCUT2D eigenvalue weighted by Crippen LogP contribution is -2.33. The van der Waals surface area contributed by atoms with E-state index in [1.807, 2.05) is 24.4 Å². The topological polar surface area (TPSA) is 36.3 Å². The number of hydrogen-bond acceptors (Lipinski definition) is 3. The quantitative estimate of drug-likeness (QED) is 0.224. The van der Waals surface area contributed by atoms with Gasteiger partial charge >= 0.3 is 0 Å². The number of hydrogen-bond donors (Lipinski definition) is 1. The third-order valence-electron chi connectivity index (χ3n) is 8.31. The molecule has 1 N–H and O–H groups in total. The molecule has 2 fully saturated rings. The van der Waals surface area contributed by atoms with Gasteiger partial charge in [0.05, 0.1) is 34.2 Å². The molecular weight excluding hydrogens is 602 g/mol. The molecular formula is C32H33BrClN5S. The lowest BCUT2D eigenvalue weighted by Gasteiger charge is -2.33. The van der Waals surface area contributed by atoms with Crippen molar-refractivity contribution >= 4 is 56.2 Å². The highest BCUT2D eigenvalue weighted by atomic mass is 79.9. The first kappa shape index (κ1) is 27.3. The Labute approximate surface area is 255 Å². The second-order valence-corrected chi connectivity index (χ2v) is 12.6. The van der Waals surface area contributed by atoms with Crippen molar-refractivity contribution in [2.24, 2.45) is 5.92 Å². The number of halogens is 2. The van der Waals surface area contributed by atoms with Crippen LogP contribution in [0.15, 0.2) is 77.4 Å². The first-order valence-electron chi connectivity index (χ1n) is 13.8. The summed E-state index contributed by atoms with van der Waals surface area (Å²) in [6.45, 7) is 8.74. The van der Waals surface area contributed by atoms with Gasteiger partial charge in [0, 0.05) is 40.8 Å². The number of piperidine rings is 1. The minimum atomic E-state index is -0.121. The Morgan fingerprint density at radius 3 is 2.42 bits per heavy atom. The van der Waals surface area contributed by atoms with E-state index in [4.69, 9.17) is 28.8 Å². The Balaban J connectivity index is 1.45. The molecule has 0 aliphatic carbocycles. The van der Waals surface area contributed by atoms with Crippen LogP contribution in [0.2, 0.25) is 5.02 Å². The molecule has 0 radical (unpaired) electrons. The summed E-state index contributed by atoms with van der Waals surface area (Å²) in [6.07, 6.45) is 4.23. The molecule has 0 bridgehead atoms. The van der Waals surface area contributed by atoms with E-state index in [0.29, 0.717) is 5.11 Å². The summed E-state index contributed by atoms with van der Waals surface area (Å²) >= 11 is 16.7. The summed E-state index contributed by atoms with van der Waals surface area (Å²) in [7, 11) is 0. The number of para-hydroxylation sites is 1. The van der Waals surface area contributed by atoms with Gasteiger partial charge in [0.2, 0.25) is 0 Å². The number of aromatic nitrogens is 2. The molecule has 4 heterocycles. The molecule has 2 aromatic heterocycles. The molecule has 2 saturated heterocycles. The van der Waals surface area contributed by atoms with Crippen LogP contribution in [0.25, 0.3) is 5.69 Å². The van der Waals surface area contributed by atoms with Crippen molar-refractivity contribution in [3.05, 3.63) is 105 Å². The minimum absolute atomic E-state index is 0.109. The third kappa shape index (κ3) is 4.93. The van der Waals surface area contributed by atoms with E-state index in [1.54, 1.807) is 0 Å². The standard InChI is InChI=1S/C32H33BrClN5S/c1-20-13-16-37(17-14-20)29-12-11-23(19-26(29)34)39-31(30(36-32(39)40)27-9-6-7-15-35-27)24-18-21(2)38(22(24)3)28-10-5-4-8-25(28)33/h4-12,15,18-20,30-31H,13-14,16-17H2,1-3H3,(H,36,40)/t30-,31-/m0/s1. The summed E-state index contributed by atoms with van der Waals surface area (Å²) < 4.78 is 3.36. The summed E-state index contributed by atoms with van der Waals surface area (Å²) in [5.41, 5.74) is 7.66. The summed E-state index contributed by atoms with van der Waals surface area (Å²) in [5.74, 6) is 0.766. The van der Waals surface area contributed by atoms with E-state index in [9.17, 15) is 0 Å². The van der Waals surface area contributed by atoms with Crippen LogP contribution in [0.3, 0.4) is 0 Å². The van der Waals surface area contributed by atoms with Crippen LogP contribution >= 0.6 is 39.7 Å². The van der Waals surface area contributed by atoms with Crippen LogP contribution in [0.1, 0.15) is 54.5 Å². The van der Waals surface area contributed by atoms with Gasteiger partial charge in [-0.2, -0.15) is 0 Å². The maximum absolute atomic E-state index is 6.98. The second-order valence-electron chi connectivity index (χ2n) is 10.9. The number of benzene rings is 2. The third-order valence-corrected chi connectivity index (χ3v) is 9.60. The van der Waals surface area contributed by atoms with Gasteiger partial charge in [0.25, 0.3) is 0 Å². The van der Waals surface area contributed by atoms with Crippen LogP contribution in [0.5, 0.6) is 0 Å². The average Bonchev–Trinajstić information content (AvgIpc) is 3.45. The van der Waals surface area contributed by atoms with E-state index in [1.165, 1.54) is 18.4 Å². The van der Waals surface area contributed by atoms with Crippen LogP contribution < -0.4 is 15.1 Å². The first-order valence-corrected chi connectivity index (χ1v) is 15.4. The van der Waals surface area contributed by atoms with Crippen molar-refractivity contribution in [1.82, 2.24) is 14.9 Å². The van der Waals surface area contributed by atoms with Crippen molar-refractivity contribution < 1.29 is 0 Å². The zero-order valence-corrected chi connectivity index (χ0v) is 26.1. The maximum Gasteiger partial charge on any atom is 0.174 e. The smallest absolute Gasteiger partial charge is 0.174 e. The van der Waals surface area contributed by atoms with Crippen LogP contribution in [0, 0.1) is 19.8 Å². The predicted octanol–water partition coefficient (Wildman–Crippen LogP) is 8.32. The van der Waals surface area contributed by atoms with Gasteiger partial charge in [-0.1, -0.05) is 36.7 Å². The van der Waals surface area contributed by atoms with Gasteiger partial charge in [-0.25, -0.2) is 0 Å². The molecule has 2 aliphatic rings. The molecule has 0 unspecified atom stereocenters. The van der Waals surface area contributed by atoms with Crippen molar-refractivity contribution in [2.75, 3.05) is 22.9 Å². The maximum atomic E-state index is 6.98. The van der Waals surface area contributed by atoms with Crippen molar-refractivity contribution in [3.8, 4) is 5.69 Å². The molecule has 2 aliphatic heterocycles. The largest absolute Gasteiger partial charge is 0.370 e. The van der Waals surface area contributed by atoms with Crippen molar-refractivity contribution in [2.45, 2.75) is 45.7 Å². The fourth-order valence-electron chi connectivity index (χ4n) is 6.19. The van der Waals surface area contributed by atoms with Crippen molar-refractivity contribution in [3.63, 3.8) is 0 Å². The zero-order valence-electron chi connectivity index (χ0n) is 22.9. The monoisotopic (exact) mass is 633 g/mol. The van der Waals surface area contributed by atoms with Crippen LogP contribution in [0.4, 0.5) is 11.4 Å². The zero-order chi connectivity index (χ0) is 28.0. The Hall–Kier alpha value is -2.87. The number of nitrogens with zero attached hydrogens (tertiary/aromatic N) is 4.